The van der Waals surface area contributed by atoms with Crippen LogP contribution in [0.25, 0.3) is 11.5 Å². The number of sulfonamides is 1. The first kappa shape index (κ1) is 22.9. The van der Waals surface area contributed by atoms with Gasteiger partial charge in [0.05, 0.1) is 11.4 Å². The van der Waals surface area contributed by atoms with E-state index in [0.717, 1.165) is 19.3 Å². The lowest BCUT2D eigenvalue weighted by Gasteiger charge is -2.25. The summed E-state index contributed by atoms with van der Waals surface area (Å²) < 4.78 is 29.7. The van der Waals surface area contributed by atoms with Gasteiger partial charge in [-0.2, -0.15) is 4.31 Å². The number of hydrogen-bond acceptors (Lipinski definition) is 6. The first-order valence-corrected chi connectivity index (χ1v) is 12.3. The molecule has 33 heavy (non-hydrogen) atoms. The highest BCUT2D eigenvalue weighted by atomic mass is 32.2. The molecular formula is C22H26N6O4S. The molecule has 0 radical (unpaired) electrons. The fourth-order valence-corrected chi connectivity index (χ4v) is 5.28. The molecule has 0 aliphatic carbocycles. The molecular weight excluding hydrogens is 444 g/mol. The third-order valence-electron chi connectivity index (χ3n) is 5.61. The Morgan fingerprint density at radius 3 is 2.45 bits per heavy atom. The van der Waals surface area contributed by atoms with E-state index in [-0.39, 0.29) is 29.6 Å². The van der Waals surface area contributed by atoms with Gasteiger partial charge < -0.3 is 5.32 Å². The predicted octanol–water partition coefficient (Wildman–Crippen LogP) is 1.25. The molecule has 10 nitrogen and oxygen atoms in total. The third kappa shape index (κ3) is 4.88. The number of nitrogens with one attached hydrogen (secondary N) is 1. The van der Waals surface area contributed by atoms with Crippen molar-refractivity contribution in [3.63, 3.8) is 0 Å². The van der Waals surface area contributed by atoms with E-state index in [1.807, 2.05) is 6.07 Å². The van der Waals surface area contributed by atoms with Gasteiger partial charge in [0, 0.05) is 38.4 Å². The molecule has 0 unspecified atom stereocenters. The smallest absolute Gasteiger partial charge is 0.346 e. The molecule has 1 aliphatic heterocycles. The van der Waals surface area contributed by atoms with Crippen LogP contribution in [0.15, 0.2) is 58.4 Å². The standard InChI is InChI=1S/C22H26N6O4S/c1-26-20(19-7-3-4-12-23-19)25-28(22(26)30)16-13-24-21(29)17-8-10-18(11-9-17)33(31,32)27-14-5-2-6-15-27/h3-4,7-12H,2,5-6,13-16H2,1H3,(H,24,29). The van der Waals surface area contributed by atoms with Crippen molar-refractivity contribution < 1.29 is 13.2 Å². The van der Waals surface area contributed by atoms with Crippen LogP contribution in [0.5, 0.6) is 0 Å². The monoisotopic (exact) mass is 470 g/mol. The largest absolute Gasteiger partial charge is 0.350 e. The first-order chi connectivity index (χ1) is 15.9. The van der Waals surface area contributed by atoms with E-state index in [1.54, 1.807) is 25.4 Å². The average molecular weight is 471 g/mol. The predicted molar refractivity (Wildman–Crippen MR) is 122 cm³/mol. The lowest BCUT2D eigenvalue weighted by atomic mass is 10.2. The van der Waals surface area contributed by atoms with Gasteiger partial charge >= 0.3 is 5.69 Å². The van der Waals surface area contributed by atoms with Crippen molar-refractivity contribution in [1.29, 1.82) is 0 Å². The van der Waals surface area contributed by atoms with Gasteiger partial charge in [0.15, 0.2) is 5.82 Å². The third-order valence-corrected chi connectivity index (χ3v) is 7.53. The van der Waals surface area contributed by atoms with Gasteiger partial charge in [0.1, 0.15) is 5.69 Å². The number of piperidine rings is 1. The van der Waals surface area contributed by atoms with Crippen LogP contribution in [0.2, 0.25) is 0 Å². The highest BCUT2D eigenvalue weighted by Crippen LogP contribution is 2.20. The summed E-state index contributed by atoms with van der Waals surface area (Å²) in [6.07, 6.45) is 4.40. The summed E-state index contributed by atoms with van der Waals surface area (Å²) in [6.45, 7) is 1.43. The van der Waals surface area contributed by atoms with Crippen molar-refractivity contribution in [1.82, 2.24) is 29.0 Å². The van der Waals surface area contributed by atoms with Crippen LogP contribution >= 0.6 is 0 Å². The number of carbonyl (C=O) groups excluding carboxylic acids is 1. The summed E-state index contributed by atoms with van der Waals surface area (Å²) in [5.74, 6) is 0.0864. The molecule has 2 aromatic heterocycles. The Morgan fingerprint density at radius 1 is 1.06 bits per heavy atom. The molecule has 0 bridgehead atoms. The Balaban J connectivity index is 1.37. The molecule has 1 fully saturated rings. The minimum absolute atomic E-state index is 0.183. The van der Waals surface area contributed by atoms with Gasteiger partial charge in [-0.3, -0.25) is 14.3 Å². The van der Waals surface area contributed by atoms with Crippen molar-refractivity contribution in [2.45, 2.75) is 30.7 Å². The van der Waals surface area contributed by atoms with Crippen molar-refractivity contribution in [3.8, 4) is 11.5 Å². The van der Waals surface area contributed by atoms with Gasteiger partial charge in [0.2, 0.25) is 10.0 Å². The highest BCUT2D eigenvalue weighted by molar-refractivity contribution is 7.89. The summed E-state index contributed by atoms with van der Waals surface area (Å²) in [6, 6.07) is 11.3. The van der Waals surface area contributed by atoms with Gasteiger partial charge in [0.25, 0.3) is 5.91 Å². The highest BCUT2D eigenvalue weighted by Gasteiger charge is 2.26. The van der Waals surface area contributed by atoms with E-state index in [1.165, 1.54) is 37.8 Å². The molecule has 174 valence electrons. The molecule has 11 heteroatoms. The Morgan fingerprint density at radius 2 is 1.79 bits per heavy atom. The zero-order valence-electron chi connectivity index (χ0n) is 18.3. The SMILES string of the molecule is Cn1c(-c2ccccn2)nn(CCNC(=O)c2ccc(S(=O)(=O)N3CCCCC3)cc2)c1=O. The second-order valence-corrected chi connectivity index (χ2v) is 9.79. The molecule has 1 aromatic carbocycles. The summed E-state index contributed by atoms with van der Waals surface area (Å²) in [7, 11) is -1.92. The molecule has 0 atom stereocenters. The number of carbonyl (C=O) groups is 1. The summed E-state index contributed by atoms with van der Waals surface area (Å²) in [4.78, 5) is 29.3. The number of rotatable bonds is 7. The summed E-state index contributed by atoms with van der Waals surface area (Å²) in [5, 5.41) is 7.06. The molecule has 3 aromatic rings. The second kappa shape index (κ2) is 9.67. The normalized spacial score (nSPS) is 14.8. The Hall–Kier alpha value is -3.31. The lowest BCUT2D eigenvalue weighted by Crippen LogP contribution is -2.35. The molecule has 1 saturated heterocycles. The van der Waals surface area contributed by atoms with Crippen LogP contribution in [0.3, 0.4) is 0 Å². The number of pyridine rings is 1. The van der Waals surface area contributed by atoms with Gasteiger partial charge in [-0.05, 0) is 49.2 Å². The number of hydrogen-bond donors (Lipinski definition) is 1. The molecule has 1 amide bonds. The maximum atomic E-state index is 12.7. The van der Waals surface area contributed by atoms with Crippen LogP contribution in [0.4, 0.5) is 0 Å². The maximum absolute atomic E-state index is 12.7. The van der Waals surface area contributed by atoms with Gasteiger partial charge in [-0.1, -0.05) is 12.5 Å². The number of benzene rings is 1. The zero-order valence-corrected chi connectivity index (χ0v) is 19.2. The van der Waals surface area contributed by atoms with E-state index in [9.17, 15) is 18.0 Å². The fourth-order valence-electron chi connectivity index (χ4n) is 3.76. The van der Waals surface area contributed by atoms with E-state index in [4.69, 9.17) is 0 Å². The number of aromatic nitrogens is 4. The first-order valence-electron chi connectivity index (χ1n) is 10.8. The molecule has 0 saturated carbocycles. The number of amides is 1. The Labute approximate surface area is 191 Å². The van der Waals surface area contributed by atoms with Crippen molar-refractivity contribution >= 4 is 15.9 Å². The van der Waals surface area contributed by atoms with Crippen LogP contribution in [-0.2, 0) is 23.6 Å². The summed E-state index contributed by atoms with van der Waals surface area (Å²) in [5.41, 5.74) is 0.617. The van der Waals surface area contributed by atoms with Gasteiger partial charge in [-0.15, -0.1) is 5.10 Å². The topological polar surface area (TPSA) is 119 Å². The van der Waals surface area contributed by atoms with Crippen molar-refractivity contribution in [2.75, 3.05) is 19.6 Å². The van der Waals surface area contributed by atoms with Crippen LogP contribution in [0, 0.1) is 0 Å². The molecule has 0 spiro atoms. The Bertz CT molecular complexity index is 1280. The van der Waals surface area contributed by atoms with E-state index in [0.29, 0.717) is 30.2 Å². The van der Waals surface area contributed by atoms with Crippen LogP contribution in [0.1, 0.15) is 29.6 Å². The average Bonchev–Trinajstić information content (AvgIpc) is 3.14. The fraction of sp³-hybridized carbons (Fsp3) is 0.364. The van der Waals surface area contributed by atoms with Crippen LogP contribution in [-0.4, -0.2) is 57.6 Å². The molecule has 3 heterocycles. The van der Waals surface area contributed by atoms with E-state index in [2.05, 4.69) is 15.4 Å². The van der Waals surface area contributed by atoms with Crippen molar-refractivity contribution in [3.05, 3.63) is 64.7 Å². The number of nitrogens with zero attached hydrogens (tertiary/aromatic N) is 5. The van der Waals surface area contributed by atoms with Crippen LogP contribution < -0.4 is 11.0 Å². The quantitative estimate of drug-likeness (QED) is 0.555. The van der Waals surface area contributed by atoms with Gasteiger partial charge in [-0.25, -0.2) is 17.9 Å². The molecule has 1 N–H and O–H groups in total. The van der Waals surface area contributed by atoms with E-state index >= 15 is 0 Å². The van der Waals surface area contributed by atoms with E-state index < -0.39 is 10.0 Å². The second-order valence-electron chi connectivity index (χ2n) is 7.85. The molecule has 4 rings (SSSR count). The minimum atomic E-state index is -3.54. The minimum Gasteiger partial charge on any atom is -0.350 e. The zero-order chi connectivity index (χ0) is 23.4. The molecule has 1 aliphatic rings. The maximum Gasteiger partial charge on any atom is 0.346 e. The Kier molecular flexibility index (Phi) is 6.70. The van der Waals surface area contributed by atoms with Crippen molar-refractivity contribution in [2.24, 2.45) is 7.05 Å². The summed E-state index contributed by atoms with van der Waals surface area (Å²) >= 11 is 0. The lowest BCUT2D eigenvalue weighted by molar-refractivity contribution is 0.0951.